The van der Waals surface area contributed by atoms with Crippen molar-refractivity contribution < 1.29 is 9.90 Å². The molecule has 1 aromatic heterocycles. The van der Waals surface area contributed by atoms with Gasteiger partial charge in [-0.3, -0.25) is 4.79 Å². The maximum atomic E-state index is 12.7. The molecule has 7 heteroatoms. The molecule has 1 fully saturated rings. The SMILES string of the molecule is NNc1ncc(Br)cc1C(=O)N1CCCCC1CCO. The first-order valence-corrected chi connectivity index (χ1v) is 7.50. The second-order valence-corrected chi connectivity index (χ2v) is 5.77. The number of halogens is 1. The zero-order valence-electron chi connectivity index (χ0n) is 11.2. The highest BCUT2D eigenvalue weighted by molar-refractivity contribution is 9.10. The van der Waals surface area contributed by atoms with Crippen LogP contribution in [-0.4, -0.2) is 40.1 Å². The molecule has 1 saturated heterocycles. The van der Waals surface area contributed by atoms with E-state index in [9.17, 15) is 4.79 Å². The van der Waals surface area contributed by atoms with E-state index < -0.39 is 0 Å². The Bertz CT molecular complexity index is 481. The van der Waals surface area contributed by atoms with E-state index in [-0.39, 0.29) is 18.6 Å². The molecule has 0 spiro atoms. The quantitative estimate of drug-likeness (QED) is 0.569. The first kappa shape index (κ1) is 15.2. The Kier molecular flexibility index (Phi) is 5.33. The number of nitrogens with one attached hydrogen (secondary N) is 1. The first-order chi connectivity index (χ1) is 9.67. The van der Waals surface area contributed by atoms with E-state index in [2.05, 4.69) is 26.3 Å². The van der Waals surface area contributed by atoms with Gasteiger partial charge in [0.2, 0.25) is 0 Å². The molecule has 0 aliphatic carbocycles. The largest absolute Gasteiger partial charge is 0.396 e. The summed E-state index contributed by atoms with van der Waals surface area (Å²) < 4.78 is 0.732. The molecule has 0 aromatic carbocycles. The van der Waals surface area contributed by atoms with Gasteiger partial charge in [0, 0.05) is 29.9 Å². The van der Waals surface area contributed by atoms with Crippen LogP contribution >= 0.6 is 15.9 Å². The molecule has 1 atom stereocenters. The fourth-order valence-electron chi connectivity index (χ4n) is 2.59. The monoisotopic (exact) mass is 342 g/mol. The Balaban J connectivity index is 2.26. The lowest BCUT2D eigenvalue weighted by Gasteiger charge is -2.35. The van der Waals surface area contributed by atoms with Crippen molar-refractivity contribution in [1.29, 1.82) is 0 Å². The van der Waals surface area contributed by atoms with Crippen molar-refractivity contribution in [3.8, 4) is 0 Å². The molecule has 2 rings (SSSR count). The van der Waals surface area contributed by atoms with Crippen LogP contribution in [0.3, 0.4) is 0 Å². The summed E-state index contributed by atoms with van der Waals surface area (Å²) in [7, 11) is 0. The average molecular weight is 343 g/mol. The normalized spacial score (nSPS) is 18.9. The third-order valence-corrected chi connectivity index (χ3v) is 4.01. The van der Waals surface area contributed by atoms with Crippen LogP contribution in [0.1, 0.15) is 36.0 Å². The lowest BCUT2D eigenvalue weighted by Crippen LogP contribution is -2.44. The van der Waals surface area contributed by atoms with Crippen LogP contribution in [0.25, 0.3) is 0 Å². The smallest absolute Gasteiger partial charge is 0.257 e. The lowest BCUT2D eigenvalue weighted by atomic mass is 9.98. The maximum absolute atomic E-state index is 12.7. The Labute approximate surface area is 126 Å². The van der Waals surface area contributed by atoms with Crippen LogP contribution in [0.5, 0.6) is 0 Å². The topological polar surface area (TPSA) is 91.5 Å². The van der Waals surface area contributed by atoms with Gasteiger partial charge in [-0.25, -0.2) is 10.8 Å². The van der Waals surface area contributed by atoms with E-state index in [1.807, 2.05) is 4.90 Å². The highest BCUT2D eigenvalue weighted by Crippen LogP contribution is 2.25. The van der Waals surface area contributed by atoms with Crippen molar-refractivity contribution in [3.63, 3.8) is 0 Å². The van der Waals surface area contributed by atoms with Gasteiger partial charge in [0.05, 0.1) is 5.56 Å². The summed E-state index contributed by atoms with van der Waals surface area (Å²) >= 11 is 3.32. The maximum Gasteiger partial charge on any atom is 0.257 e. The lowest BCUT2D eigenvalue weighted by molar-refractivity contribution is 0.0575. The van der Waals surface area contributed by atoms with Crippen LogP contribution in [0, 0.1) is 0 Å². The number of amides is 1. The van der Waals surface area contributed by atoms with Crippen molar-refractivity contribution in [3.05, 3.63) is 22.3 Å². The number of aliphatic hydroxyl groups excluding tert-OH is 1. The molecule has 0 bridgehead atoms. The van der Waals surface area contributed by atoms with Gasteiger partial charge in [-0.05, 0) is 47.7 Å². The van der Waals surface area contributed by atoms with Crippen LogP contribution in [0.15, 0.2) is 16.7 Å². The third-order valence-electron chi connectivity index (χ3n) is 3.57. The Morgan fingerprint density at radius 3 is 3.10 bits per heavy atom. The van der Waals surface area contributed by atoms with Crippen LogP contribution in [-0.2, 0) is 0 Å². The van der Waals surface area contributed by atoms with E-state index in [0.717, 1.165) is 23.7 Å². The summed E-state index contributed by atoms with van der Waals surface area (Å²) in [5.41, 5.74) is 2.91. The number of anilines is 1. The molecule has 110 valence electrons. The molecule has 1 aliphatic rings. The number of nitrogens with zero attached hydrogens (tertiary/aromatic N) is 2. The number of hydrogen-bond acceptors (Lipinski definition) is 5. The number of likely N-dealkylation sites (tertiary alicyclic amines) is 1. The fraction of sp³-hybridized carbons (Fsp3) is 0.538. The van der Waals surface area contributed by atoms with Gasteiger partial charge < -0.3 is 15.4 Å². The molecule has 6 nitrogen and oxygen atoms in total. The zero-order valence-corrected chi connectivity index (χ0v) is 12.8. The standard InChI is InChI=1S/C13H19BrN4O2/c14-9-7-11(12(17-15)16-8-9)13(20)18-5-2-1-3-10(18)4-6-19/h7-8,10,19H,1-6,15H2,(H,16,17). The van der Waals surface area contributed by atoms with Gasteiger partial charge in [0.15, 0.2) is 5.82 Å². The first-order valence-electron chi connectivity index (χ1n) is 6.71. The van der Waals surface area contributed by atoms with E-state index in [4.69, 9.17) is 10.9 Å². The zero-order chi connectivity index (χ0) is 14.5. The molecule has 1 aliphatic heterocycles. The number of pyridine rings is 1. The molecule has 0 saturated carbocycles. The number of hydrogen-bond donors (Lipinski definition) is 3. The molecule has 1 amide bonds. The minimum absolute atomic E-state index is 0.0888. The fourth-order valence-corrected chi connectivity index (χ4v) is 2.92. The second-order valence-electron chi connectivity index (χ2n) is 4.85. The minimum Gasteiger partial charge on any atom is -0.396 e. The van der Waals surface area contributed by atoms with E-state index in [0.29, 0.717) is 24.3 Å². The number of aromatic nitrogens is 1. The predicted octanol–water partition coefficient (Wildman–Crippen LogP) is 1.51. The van der Waals surface area contributed by atoms with Gasteiger partial charge in [-0.15, -0.1) is 0 Å². The minimum atomic E-state index is -0.0927. The molecule has 1 unspecified atom stereocenters. The van der Waals surface area contributed by atoms with Crippen LogP contribution < -0.4 is 11.3 Å². The van der Waals surface area contributed by atoms with Crippen molar-refractivity contribution in [2.75, 3.05) is 18.6 Å². The summed E-state index contributed by atoms with van der Waals surface area (Å²) in [5.74, 6) is 5.70. The molecule has 20 heavy (non-hydrogen) atoms. The number of aliphatic hydroxyl groups is 1. The van der Waals surface area contributed by atoms with Gasteiger partial charge in [0.1, 0.15) is 0 Å². The third kappa shape index (κ3) is 3.28. The number of nitrogens with two attached hydrogens (primary N) is 1. The summed E-state index contributed by atoms with van der Waals surface area (Å²) in [6.07, 6.45) is 5.21. The Hall–Kier alpha value is -1.18. The summed E-state index contributed by atoms with van der Waals surface area (Å²) in [4.78, 5) is 18.6. The van der Waals surface area contributed by atoms with Crippen molar-refractivity contribution in [2.45, 2.75) is 31.7 Å². The molecular weight excluding hydrogens is 324 g/mol. The van der Waals surface area contributed by atoms with Crippen molar-refractivity contribution >= 4 is 27.7 Å². The van der Waals surface area contributed by atoms with Gasteiger partial charge in [-0.2, -0.15) is 0 Å². The van der Waals surface area contributed by atoms with E-state index >= 15 is 0 Å². The van der Waals surface area contributed by atoms with Gasteiger partial charge in [0.25, 0.3) is 5.91 Å². The summed E-state index contributed by atoms with van der Waals surface area (Å²) in [6.45, 7) is 0.799. The Morgan fingerprint density at radius 1 is 1.60 bits per heavy atom. The molecule has 2 heterocycles. The summed E-state index contributed by atoms with van der Waals surface area (Å²) in [5, 5.41) is 9.14. The van der Waals surface area contributed by atoms with Crippen molar-refractivity contribution in [1.82, 2.24) is 9.88 Å². The van der Waals surface area contributed by atoms with Crippen LogP contribution in [0.4, 0.5) is 5.82 Å². The molecule has 4 N–H and O–H groups in total. The number of nitrogen functional groups attached to an aromatic ring is 1. The van der Waals surface area contributed by atoms with Crippen LogP contribution in [0.2, 0.25) is 0 Å². The highest BCUT2D eigenvalue weighted by Gasteiger charge is 2.28. The van der Waals surface area contributed by atoms with Crippen molar-refractivity contribution in [2.24, 2.45) is 5.84 Å². The second kappa shape index (κ2) is 7.01. The molecule has 0 radical (unpaired) electrons. The molecular formula is C13H19BrN4O2. The highest BCUT2D eigenvalue weighted by atomic mass is 79.9. The number of hydrazine groups is 1. The number of piperidine rings is 1. The van der Waals surface area contributed by atoms with E-state index in [1.54, 1.807) is 12.3 Å². The number of rotatable bonds is 4. The number of carbonyl (C=O) groups excluding carboxylic acids is 1. The average Bonchev–Trinajstić information content (AvgIpc) is 2.47. The predicted molar refractivity (Wildman–Crippen MR) is 80.1 cm³/mol. The van der Waals surface area contributed by atoms with Gasteiger partial charge in [-0.1, -0.05) is 0 Å². The molecule has 1 aromatic rings. The number of carbonyl (C=O) groups is 1. The van der Waals surface area contributed by atoms with E-state index in [1.165, 1.54) is 0 Å². The van der Waals surface area contributed by atoms with Gasteiger partial charge >= 0.3 is 0 Å². The Morgan fingerprint density at radius 2 is 2.40 bits per heavy atom. The summed E-state index contributed by atoms with van der Waals surface area (Å²) in [6, 6.07) is 1.81.